The summed E-state index contributed by atoms with van der Waals surface area (Å²) in [5.41, 5.74) is 2.64. The lowest BCUT2D eigenvalue weighted by Gasteiger charge is -2.02. The highest BCUT2D eigenvalue weighted by Gasteiger charge is 2.10. The molecular weight excluding hydrogens is 308 g/mol. The Kier molecular flexibility index (Phi) is 6.06. The van der Waals surface area contributed by atoms with Crippen LogP contribution in [0.15, 0.2) is 39.3 Å². The average molecular weight is 330 g/mol. The van der Waals surface area contributed by atoms with Gasteiger partial charge < -0.3 is 4.74 Å². The number of hydrogen-bond donors (Lipinski definition) is 1. The number of nitrogens with zero attached hydrogens (tertiary/aromatic N) is 3. The first-order valence-electron chi connectivity index (χ1n) is 7.88. The van der Waals surface area contributed by atoms with Crippen LogP contribution in [0, 0.1) is 13.8 Å². The Morgan fingerprint density at radius 3 is 2.54 bits per heavy atom. The van der Waals surface area contributed by atoms with E-state index >= 15 is 0 Å². The molecule has 1 aromatic carbocycles. The van der Waals surface area contributed by atoms with E-state index in [2.05, 4.69) is 15.3 Å². The van der Waals surface area contributed by atoms with Crippen LogP contribution in [0.5, 0.6) is 0 Å². The Balaban J connectivity index is 1.99. The van der Waals surface area contributed by atoms with E-state index in [9.17, 15) is 9.59 Å². The lowest BCUT2D eigenvalue weighted by molar-refractivity contribution is -0.141. The summed E-state index contributed by atoms with van der Waals surface area (Å²) < 4.78 is 6.37. The number of esters is 1. The molecule has 0 bridgehead atoms. The summed E-state index contributed by atoms with van der Waals surface area (Å²) in [6.07, 6.45) is 1.42. The van der Waals surface area contributed by atoms with Gasteiger partial charge in [0.05, 0.1) is 18.0 Å². The van der Waals surface area contributed by atoms with Crippen LogP contribution in [0.1, 0.15) is 31.0 Å². The Morgan fingerprint density at radius 1 is 1.17 bits per heavy atom. The van der Waals surface area contributed by atoms with Crippen molar-refractivity contribution in [2.45, 2.75) is 40.2 Å². The van der Waals surface area contributed by atoms with E-state index < -0.39 is 0 Å². The maximum Gasteiger partial charge on any atom is 0.302 e. The molecule has 0 aliphatic rings. The second-order valence-electron chi connectivity index (χ2n) is 5.62. The van der Waals surface area contributed by atoms with Crippen LogP contribution in [-0.2, 0) is 16.1 Å². The van der Waals surface area contributed by atoms with E-state index in [0.717, 1.165) is 12.0 Å². The molecule has 1 heterocycles. The van der Waals surface area contributed by atoms with Crippen molar-refractivity contribution in [2.24, 2.45) is 10.2 Å². The Hall–Kier alpha value is -2.70. The van der Waals surface area contributed by atoms with Crippen molar-refractivity contribution < 1.29 is 9.53 Å². The normalized spacial score (nSPS) is 11.1. The molecule has 0 atom stereocenters. The number of carbonyl (C=O) groups is 1. The van der Waals surface area contributed by atoms with Crippen LogP contribution in [0.25, 0.3) is 0 Å². The quantitative estimate of drug-likeness (QED) is 0.478. The van der Waals surface area contributed by atoms with Gasteiger partial charge in [0, 0.05) is 13.5 Å². The zero-order valence-corrected chi connectivity index (χ0v) is 14.2. The minimum atomic E-state index is -0.290. The van der Waals surface area contributed by atoms with E-state index in [-0.39, 0.29) is 11.5 Å². The lowest BCUT2D eigenvalue weighted by atomic mass is 10.2. The Bertz CT molecular complexity index is 772. The number of benzene rings is 1. The molecule has 2 rings (SSSR count). The highest BCUT2D eigenvalue weighted by molar-refractivity contribution is 5.65. The SMILES string of the molecule is CC(=O)OCCCCn1[nH]c(C)c(N=Nc2ccc(C)cc2)c1=O. The zero-order valence-electron chi connectivity index (χ0n) is 14.2. The number of H-pyrrole nitrogens is 1. The van der Waals surface area contributed by atoms with Gasteiger partial charge >= 0.3 is 5.97 Å². The van der Waals surface area contributed by atoms with Gasteiger partial charge in [0.2, 0.25) is 0 Å². The van der Waals surface area contributed by atoms with E-state index in [1.165, 1.54) is 11.6 Å². The van der Waals surface area contributed by atoms with Crippen LogP contribution in [0.3, 0.4) is 0 Å². The number of unbranched alkanes of at least 4 members (excludes halogenated alkanes) is 1. The van der Waals surface area contributed by atoms with Gasteiger partial charge in [-0.05, 0) is 38.8 Å². The minimum absolute atomic E-state index is 0.198. The zero-order chi connectivity index (χ0) is 17.5. The average Bonchev–Trinajstić information content (AvgIpc) is 2.80. The van der Waals surface area contributed by atoms with Gasteiger partial charge in [0.25, 0.3) is 5.56 Å². The monoisotopic (exact) mass is 330 g/mol. The molecule has 0 unspecified atom stereocenters. The molecule has 0 radical (unpaired) electrons. The number of aromatic nitrogens is 2. The minimum Gasteiger partial charge on any atom is -0.466 e. The number of aryl methyl sites for hydroxylation is 3. The third kappa shape index (κ3) is 4.91. The van der Waals surface area contributed by atoms with Gasteiger partial charge in [-0.25, -0.2) is 0 Å². The first-order chi connectivity index (χ1) is 11.5. The van der Waals surface area contributed by atoms with Crippen molar-refractivity contribution in [3.63, 3.8) is 0 Å². The maximum absolute atomic E-state index is 12.3. The number of azo groups is 1. The first kappa shape index (κ1) is 17.7. The van der Waals surface area contributed by atoms with Crippen LogP contribution in [0.4, 0.5) is 11.4 Å². The molecule has 0 aliphatic carbocycles. The molecule has 24 heavy (non-hydrogen) atoms. The molecule has 2 aromatic rings. The fourth-order valence-electron chi connectivity index (χ4n) is 2.18. The van der Waals surface area contributed by atoms with Gasteiger partial charge in [-0.2, -0.15) is 5.11 Å². The van der Waals surface area contributed by atoms with E-state index in [0.29, 0.717) is 36.6 Å². The second-order valence-corrected chi connectivity index (χ2v) is 5.62. The van der Waals surface area contributed by atoms with Crippen molar-refractivity contribution in [3.05, 3.63) is 45.9 Å². The molecule has 1 aromatic heterocycles. The Labute approximate surface area is 140 Å². The van der Waals surface area contributed by atoms with Gasteiger partial charge in [-0.1, -0.05) is 17.7 Å². The van der Waals surface area contributed by atoms with Gasteiger partial charge in [0.1, 0.15) is 0 Å². The van der Waals surface area contributed by atoms with Gasteiger partial charge in [-0.3, -0.25) is 19.4 Å². The fourth-order valence-corrected chi connectivity index (χ4v) is 2.18. The van der Waals surface area contributed by atoms with Gasteiger partial charge in [-0.15, -0.1) is 5.11 Å². The molecule has 7 heteroatoms. The van der Waals surface area contributed by atoms with E-state index in [4.69, 9.17) is 4.74 Å². The summed E-state index contributed by atoms with van der Waals surface area (Å²) in [6, 6.07) is 7.60. The number of hydrogen-bond acceptors (Lipinski definition) is 5. The van der Waals surface area contributed by atoms with Crippen LogP contribution in [0.2, 0.25) is 0 Å². The van der Waals surface area contributed by atoms with Crippen molar-refractivity contribution in [1.82, 2.24) is 9.78 Å². The molecule has 7 nitrogen and oxygen atoms in total. The highest BCUT2D eigenvalue weighted by atomic mass is 16.5. The molecule has 0 amide bonds. The molecule has 128 valence electrons. The number of ether oxygens (including phenoxy) is 1. The molecular formula is C17H22N4O3. The standard InChI is InChI=1S/C17H22N4O3/c1-12-6-8-15(9-7-12)18-19-16-13(2)20-21(17(16)23)10-4-5-11-24-14(3)22/h6-9,20H,4-5,10-11H2,1-3H3. The third-order valence-corrected chi connectivity index (χ3v) is 3.49. The van der Waals surface area contributed by atoms with Crippen LogP contribution in [-0.4, -0.2) is 22.4 Å². The third-order valence-electron chi connectivity index (χ3n) is 3.49. The highest BCUT2D eigenvalue weighted by Crippen LogP contribution is 2.18. The van der Waals surface area contributed by atoms with Crippen LogP contribution < -0.4 is 5.56 Å². The fraction of sp³-hybridized carbons (Fsp3) is 0.412. The predicted octanol–water partition coefficient (Wildman–Crippen LogP) is 3.55. The van der Waals surface area contributed by atoms with Gasteiger partial charge in [0.15, 0.2) is 5.69 Å². The number of rotatable bonds is 7. The first-order valence-corrected chi connectivity index (χ1v) is 7.88. The smallest absolute Gasteiger partial charge is 0.302 e. The summed E-state index contributed by atoms with van der Waals surface area (Å²) in [4.78, 5) is 23.0. The summed E-state index contributed by atoms with van der Waals surface area (Å²) in [5, 5.41) is 11.2. The summed E-state index contributed by atoms with van der Waals surface area (Å²) >= 11 is 0. The summed E-state index contributed by atoms with van der Waals surface area (Å²) in [5.74, 6) is -0.290. The molecule has 0 saturated carbocycles. The van der Waals surface area contributed by atoms with Crippen molar-refractivity contribution in [3.8, 4) is 0 Å². The van der Waals surface area contributed by atoms with Crippen molar-refractivity contribution in [1.29, 1.82) is 0 Å². The van der Waals surface area contributed by atoms with E-state index in [1.807, 2.05) is 31.2 Å². The number of carbonyl (C=O) groups excluding carboxylic acids is 1. The molecule has 1 N–H and O–H groups in total. The number of aromatic amines is 1. The maximum atomic E-state index is 12.3. The predicted molar refractivity (Wildman–Crippen MR) is 91.0 cm³/mol. The van der Waals surface area contributed by atoms with Crippen molar-refractivity contribution >= 4 is 17.3 Å². The molecule has 0 saturated heterocycles. The van der Waals surface area contributed by atoms with E-state index in [1.54, 1.807) is 6.92 Å². The van der Waals surface area contributed by atoms with Crippen molar-refractivity contribution in [2.75, 3.05) is 6.61 Å². The second kappa shape index (κ2) is 8.24. The topological polar surface area (TPSA) is 88.8 Å². The largest absolute Gasteiger partial charge is 0.466 e. The number of nitrogens with one attached hydrogen (secondary N) is 1. The van der Waals surface area contributed by atoms with Crippen LogP contribution >= 0.6 is 0 Å². The Morgan fingerprint density at radius 2 is 1.88 bits per heavy atom. The molecule has 0 fully saturated rings. The summed E-state index contributed by atoms with van der Waals surface area (Å²) in [7, 11) is 0. The molecule has 0 spiro atoms. The summed E-state index contributed by atoms with van der Waals surface area (Å²) in [6.45, 7) is 6.05. The lowest BCUT2D eigenvalue weighted by Crippen LogP contribution is -2.16. The molecule has 0 aliphatic heterocycles.